The van der Waals surface area contributed by atoms with Crippen LogP contribution in [-0.2, 0) is 4.79 Å². The highest BCUT2D eigenvalue weighted by atomic mass is 32.2. The van der Waals surface area contributed by atoms with Gasteiger partial charge >= 0.3 is 0 Å². The van der Waals surface area contributed by atoms with Crippen LogP contribution in [0.1, 0.15) is 12.5 Å². The highest BCUT2D eigenvalue weighted by Crippen LogP contribution is 2.23. The molecular formula is C18H19N5O2S. The van der Waals surface area contributed by atoms with Gasteiger partial charge in [-0.1, -0.05) is 6.07 Å². The van der Waals surface area contributed by atoms with Crippen molar-refractivity contribution in [3.05, 3.63) is 54.4 Å². The Morgan fingerprint density at radius 2 is 2.04 bits per heavy atom. The van der Waals surface area contributed by atoms with Gasteiger partial charge in [-0.3, -0.25) is 4.79 Å². The van der Waals surface area contributed by atoms with Crippen molar-refractivity contribution < 1.29 is 9.53 Å². The number of carbonyl (C=O) groups is 1. The molecule has 1 amide bonds. The fourth-order valence-electron chi connectivity index (χ4n) is 2.30. The minimum absolute atomic E-state index is 0.0687. The minimum Gasteiger partial charge on any atom is -0.494 e. The van der Waals surface area contributed by atoms with E-state index in [4.69, 9.17) is 4.74 Å². The number of nitrogens with one attached hydrogen (secondary N) is 1. The van der Waals surface area contributed by atoms with Gasteiger partial charge in [-0.15, -0.1) is 16.9 Å². The molecule has 134 valence electrons. The van der Waals surface area contributed by atoms with Gasteiger partial charge in [-0.25, -0.2) is 4.68 Å². The number of thioether (sulfide) groups is 1. The first-order valence-corrected chi connectivity index (χ1v) is 9.14. The van der Waals surface area contributed by atoms with Crippen molar-refractivity contribution >= 4 is 23.4 Å². The number of aromatic nitrogens is 4. The van der Waals surface area contributed by atoms with Crippen molar-refractivity contribution in [3.63, 3.8) is 0 Å². The lowest BCUT2D eigenvalue weighted by molar-refractivity contribution is -0.113. The van der Waals surface area contributed by atoms with E-state index in [9.17, 15) is 4.79 Å². The second-order valence-electron chi connectivity index (χ2n) is 5.49. The maximum Gasteiger partial charge on any atom is 0.234 e. The van der Waals surface area contributed by atoms with E-state index in [1.807, 2.05) is 56.3 Å². The normalized spacial score (nSPS) is 10.5. The van der Waals surface area contributed by atoms with Crippen LogP contribution in [0.4, 0.5) is 5.69 Å². The summed E-state index contributed by atoms with van der Waals surface area (Å²) in [7, 11) is 0. The maximum atomic E-state index is 12.3. The zero-order valence-corrected chi connectivity index (χ0v) is 15.4. The van der Waals surface area contributed by atoms with Gasteiger partial charge in [0, 0.05) is 10.6 Å². The molecule has 0 aliphatic carbocycles. The van der Waals surface area contributed by atoms with Crippen molar-refractivity contribution in [3.8, 4) is 11.4 Å². The molecule has 1 N–H and O–H groups in total. The van der Waals surface area contributed by atoms with Gasteiger partial charge in [0.2, 0.25) is 5.91 Å². The van der Waals surface area contributed by atoms with Crippen LogP contribution in [0.15, 0.2) is 53.7 Å². The Morgan fingerprint density at radius 1 is 1.23 bits per heavy atom. The number of tetrazole rings is 1. The molecule has 0 fully saturated rings. The van der Waals surface area contributed by atoms with Crippen LogP contribution in [0.2, 0.25) is 0 Å². The third kappa shape index (κ3) is 4.60. The molecule has 2 aromatic carbocycles. The van der Waals surface area contributed by atoms with E-state index in [1.54, 1.807) is 4.68 Å². The van der Waals surface area contributed by atoms with Crippen molar-refractivity contribution in [1.29, 1.82) is 0 Å². The number of benzene rings is 2. The average Bonchev–Trinajstić information content (AvgIpc) is 3.18. The number of rotatable bonds is 7. The van der Waals surface area contributed by atoms with Crippen LogP contribution in [0.3, 0.4) is 0 Å². The summed E-state index contributed by atoms with van der Waals surface area (Å²) in [6, 6.07) is 13.4. The standard InChI is InChI=1S/C18H19N5O2S/c1-3-25-15-6-8-16(9-7-15)26-11-18(24)20-17-10-14(5-4-13(17)2)23-12-19-21-22-23/h4-10,12H,3,11H2,1-2H3,(H,20,24). The molecule has 0 saturated carbocycles. The Hall–Kier alpha value is -2.87. The van der Waals surface area contributed by atoms with E-state index in [2.05, 4.69) is 20.8 Å². The van der Waals surface area contributed by atoms with E-state index in [0.717, 1.165) is 27.6 Å². The molecule has 8 heteroatoms. The van der Waals surface area contributed by atoms with Crippen LogP contribution < -0.4 is 10.1 Å². The van der Waals surface area contributed by atoms with E-state index >= 15 is 0 Å². The van der Waals surface area contributed by atoms with Gasteiger partial charge < -0.3 is 10.1 Å². The largest absolute Gasteiger partial charge is 0.494 e. The van der Waals surface area contributed by atoms with Crippen LogP contribution in [-0.4, -0.2) is 38.5 Å². The number of ether oxygens (including phenoxy) is 1. The molecule has 0 spiro atoms. The summed E-state index contributed by atoms with van der Waals surface area (Å²) >= 11 is 1.48. The zero-order valence-electron chi connectivity index (χ0n) is 14.5. The van der Waals surface area contributed by atoms with Gasteiger partial charge in [-0.2, -0.15) is 0 Å². The van der Waals surface area contributed by atoms with Crippen LogP contribution in [0.25, 0.3) is 5.69 Å². The number of carbonyl (C=O) groups excluding carboxylic acids is 1. The highest BCUT2D eigenvalue weighted by molar-refractivity contribution is 8.00. The fourth-order valence-corrected chi connectivity index (χ4v) is 3.00. The Bertz CT molecular complexity index is 866. The number of aryl methyl sites for hydroxylation is 1. The quantitative estimate of drug-likeness (QED) is 0.645. The first-order chi connectivity index (χ1) is 12.7. The van der Waals surface area contributed by atoms with Crippen molar-refractivity contribution in [1.82, 2.24) is 20.2 Å². The molecule has 3 aromatic rings. The van der Waals surface area contributed by atoms with Crippen molar-refractivity contribution in [2.45, 2.75) is 18.7 Å². The lowest BCUT2D eigenvalue weighted by Crippen LogP contribution is -2.15. The Balaban J connectivity index is 1.60. The van der Waals surface area contributed by atoms with E-state index < -0.39 is 0 Å². The molecule has 0 bridgehead atoms. The number of hydrogen-bond donors (Lipinski definition) is 1. The summed E-state index contributed by atoms with van der Waals surface area (Å²) in [5, 5.41) is 14.1. The van der Waals surface area contributed by atoms with Crippen LogP contribution in [0.5, 0.6) is 5.75 Å². The molecule has 0 unspecified atom stereocenters. The summed E-state index contributed by atoms with van der Waals surface area (Å²) in [5.41, 5.74) is 2.51. The molecule has 0 aliphatic rings. The minimum atomic E-state index is -0.0687. The molecule has 26 heavy (non-hydrogen) atoms. The van der Waals surface area contributed by atoms with Gasteiger partial charge in [0.15, 0.2) is 0 Å². The third-order valence-corrected chi connectivity index (χ3v) is 4.63. The monoisotopic (exact) mass is 369 g/mol. The van der Waals surface area contributed by atoms with Crippen LogP contribution >= 0.6 is 11.8 Å². The first kappa shape index (κ1) is 17.9. The molecule has 7 nitrogen and oxygen atoms in total. The van der Waals surface area contributed by atoms with Gasteiger partial charge in [0.1, 0.15) is 12.1 Å². The summed E-state index contributed by atoms with van der Waals surface area (Å²) < 4.78 is 6.96. The molecule has 0 radical (unpaired) electrons. The maximum absolute atomic E-state index is 12.3. The van der Waals surface area contributed by atoms with Crippen molar-refractivity contribution in [2.75, 3.05) is 17.7 Å². The Labute approximate surface area is 155 Å². The Kier molecular flexibility index (Phi) is 5.85. The molecule has 0 atom stereocenters. The van der Waals surface area contributed by atoms with Crippen molar-refractivity contribution in [2.24, 2.45) is 0 Å². The second kappa shape index (κ2) is 8.48. The molecule has 1 heterocycles. The zero-order chi connectivity index (χ0) is 18.4. The van der Waals surface area contributed by atoms with E-state index in [-0.39, 0.29) is 5.91 Å². The summed E-state index contributed by atoms with van der Waals surface area (Å²) in [4.78, 5) is 13.3. The number of nitrogens with zero attached hydrogens (tertiary/aromatic N) is 4. The lowest BCUT2D eigenvalue weighted by atomic mass is 10.2. The fraction of sp³-hybridized carbons (Fsp3) is 0.222. The molecule has 0 aliphatic heterocycles. The summed E-state index contributed by atoms with van der Waals surface area (Å²) in [6.07, 6.45) is 1.51. The summed E-state index contributed by atoms with van der Waals surface area (Å²) in [5.74, 6) is 1.08. The lowest BCUT2D eigenvalue weighted by Gasteiger charge is -2.10. The predicted molar refractivity (Wildman–Crippen MR) is 101 cm³/mol. The highest BCUT2D eigenvalue weighted by Gasteiger charge is 2.08. The van der Waals surface area contributed by atoms with E-state index in [1.165, 1.54) is 18.1 Å². The molecular weight excluding hydrogens is 350 g/mol. The van der Waals surface area contributed by atoms with Crippen LogP contribution in [0, 0.1) is 6.92 Å². The smallest absolute Gasteiger partial charge is 0.234 e. The third-order valence-electron chi connectivity index (χ3n) is 3.61. The number of anilines is 1. The molecule has 1 aromatic heterocycles. The second-order valence-corrected chi connectivity index (χ2v) is 6.54. The number of hydrogen-bond acceptors (Lipinski definition) is 6. The SMILES string of the molecule is CCOc1ccc(SCC(=O)Nc2cc(-n3cnnn3)ccc2C)cc1. The van der Waals surface area contributed by atoms with Gasteiger partial charge in [-0.05, 0) is 66.2 Å². The first-order valence-electron chi connectivity index (χ1n) is 8.15. The topological polar surface area (TPSA) is 81.9 Å². The number of amides is 1. The molecule has 0 saturated heterocycles. The van der Waals surface area contributed by atoms with Gasteiger partial charge in [0.05, 0.1) is 18.0 Å². The van der Waals surface area contributed by atoms with E-state index in [0.29, 0.717) is 12.4 Å². The van der Waals surface area contributed by atoms with Gasteiger partial charge in [0.25, 0.3) is 0 Å². The summed E-state index contributed by atoms with van der Waals surface area (Å²) in [6.45, 7) is 4.53. The predicted octanol–water partition coefficient (Wildman–Crippen LogP) is 3.10. The Morgan fingerprint density at radius 3 is 2.73 bits per heavy atom. The molecule has 3 rings (SSSR count). The average molecular weight is 369 g/mol.